The van der Waals surface area contributed by atoms with Crippen molar-refractivity contribution in [2.24, 2.45) is 17.1 Å². The number of aromatic nitrogens is 2. The van der Waals surface area contributed by atoms with Crippen LogP contribution in [-0.4, -0.2) is 22.1 Å². The molecule has 3 unspecified atom stereocenters. The minimum atomic E-state index is 0.170. The quantitative estimate of drug-likeness (QED) is 0.398. The van der Waals surface area contributed by atoms with Crippen LogP contribution in [0.3, 0.4) is 0 Å². The third-order valence-electron chi connectivity index (χ3n) is 6.09. The summed E-state index contributed by atoms with van der Waals surface area (Å²) in [5.74, 6) is 0.419. The van der Waals surface area contributed by atoms with E-state index in [4.69, 9.17) is 5.73 Å². The first-order valence-electron chi connectivity index (χ1n) is 10.9. The van der Waals surface area contributed by atoms with E-state index in [2.05, 4.69) is 74.6 Å². The zero-order valence-electron chi connectivity index (χ0n) is 19.8. The smallest absolute Gasteiger partial charge is 0.0921 e. The highest BCUT2D eigenvalue weighted by atomic mass is 15.0. The van der Waals surface area contributed by atoms with Gasteiger partial charge in [-0.15, -0.1) is 0 Å². The van der Waals surface area contributed by atoms with Crippen LogP contribution in [0.4, 0.5) is 0 Å². The van der Waals surface area contributed by atoms with Crippen molar-refractivity contribution in [3.8, 4) is 0 Å². The number of nitrogens with one attached hydrogen (secondary N) is 3. The molecule has 5 heteroatoms. The molecule has 3 atom stereocenters. The number of rotatable bonds is 10. The number of nitrogens with two attached hydrogens (primary N) is 1. The molecular formula is C25H43N5. The summed E-state index contributed by atoms with van der Waals surface area (Å²) >= 11 is 0. The van der Waals surface area contributed by atoms with E-state index in [1.54, 1.807) is 6.33 Å². The van der Waals surface area contributed by atoms with E-state index in [1.807, 2.05) is 13.1 Å². The van der Waals surface area contributed by atoms with Crippen LogP contribution >= 0.6 is 0 Å². The highest BCUT2D eigenvalue weighted by Gasteiger charge is 2.25. The minimum Gasteiger partial charge on any atom is -0.402 e. The Morgan fingerprint density at radius 2 is 2.03 bits per heavy atom. The lowest BCUT2D eigenvalue weighted by atomic mass is 9.75. The van der Waals surface area contributed by atoms with Crippen LogP contribution in [0.15, 0.2) is 61.5 Å². The molecule has 0 aromatic carbocycles. The fourth-order valence-corrected chi connectivity index (χ4v) is 3.62. The second-order valence-electron chi connectivity index (χ2n) is 9.22. The zero-order valence-corrected chi connectivity index (χ0v) is 19.8. The van der Waals surface area contributed by atoms with Crippen LogP contribution in [-0.2, 0) is 6.42 Å². The number of H-pyrrole nitrogens is 1. The Labute approximate surface area is 184 Å². The van der Waals surface area contributed by atoms with Crippen molar-refractivity contribution in [3.05, 3.63) is 67.2 Å². The van der Waals surface area contributed by atoms with Crippen molar-refractivity contribution in [3.63, 3.8) is 0 Å². The Morgan fingerprint density at radius 3 is 2.47 bits per heavy atom. The highest BCUT2D eigenvalue weighted by molar-refractivity contribution is 5.19. The van der Waals surface area contributed by atoms with Crippen LogP contribution in [0.5, 0.6) is 0 Å². The second kappa shape index (κ2) is 11.7. The van der Waals surface area contributed by atoms with Crippen molar-refractivity contribution < 1.29 is 0 Å². The van der Waals surface area contributed by atoms with Gasteiger partial charge in [0.2, 0.25) is 0 Å². The van der Waals surface area contributed by atoms with Gasteiger partial charge < -0.3 is 21.4 Å². The molecule has 1 aliphatic heterocycles. The van der Waals surface area contributed by atoms with Gasteiger partial charge in [0, 0.05) is 41.3 Å². The standard InChI is InChI=1S/C15H22N4.C10H21N/c1-10(2)15(7-13-8-16-9-17-13)19-12(4)14-6-5-11(3)18-14;1-6-7-10(4,5)8(2)9(3)11/h8-9,14-15,18-19H,1,3-7H2,2H3,(H,16,17);8H,3,6-7,11H2,1-2,4-5H3. The lowest BCUT2D eigenvalue weighted by Gasteiger charge is -2.31. The largest absolute Gasteiger partial charge is 0.402 e. The lowest BCUT2D eigenvalue weighted by molar-refractivity contribution is 0.240. The van der Waals surface area contributed by atoms with Gasteiger partial charge in [-0.3, -0.25) is 0 Å². The van der Waals surface area contributed by atoms with E-state index < -0.39 is 0 Å². The molecule has 1 aromatic heterocycles. The number of allylic oxidation sites excluding steroid dienone is 2. The molecule has 1 saturated heterocycles. The van der Waals surface area contributed by atoms with E-state index in [9.17, 15) is 0 Å². The molecule has 168 valence electrons. The molecule has 2 rings (SSSR count). The normalized spacial score (nSPS) is 17.9. The maximum Gasteiger partial charge on any atom is 0.0921 e. The molecule has 1 fully saturated rings. The van der Waals surface area contributed by atoms with Crippen LogP contribution in [0.2, 0.25) is 0 Å². The topological polar surface area (TPSA) is 78.8 Å². The molecule has 0 saturated carbocycles. The van der Waals surface area contributed by atoms with E-state index in [0.29, 0.717) is 11.3 Å². The minimum absolute atomic E-state index is 0.170. The second-order valence-corrected chi connectivity index (χ2v) is 9.22. The van der Waals surface area contributed by atoms with Gasteiger partial charge in [-0.1, -0.05) is 66.0 Å². The Balaban J connectivity index is 0.000000352. The first kappa shape index (κ1) is 25.6. The third kappa shape index (κ3) is 8.13. The van der Waals surface area contributed by atoms with Gasteiger partial charge in [-0.2, -0.15) is 0 Å². The Kier molecular flexibility index (Phi) is 9.97. The molecule has 5 N–H and O–H groups in total. The Bertz CT molecular complexity index is 714. The van der Waals surface area contributed by atoms with Crippen LogP contribution < -0.4 is 16.4 Å². The summed E-state index contributed by atoms with van der Waals surface area (Å²) in [6, 6.07) is 0.444. The summed E-state index contributed by atoms with van der Waals surface area (Å²) < 4.78 is 0. The monoisotopic (exact) mass is 413 g/mol. The molecule has 2 heterocycles. The first-order chi connectivity index (χ1) is 14.0. The van der Waals surface area contributed by atoms with Gasteiger partial charge >= 0.3 is 0 Å². The van der Waals surface area contributed by atoms with Crippen LogP contribution in [0.1, 0.15) is 66.0 Å². The Hall–Kier alpha value is -2.43. The average Bonchev–Trinajstić information content (AvgIpc) is 3.32. The lowest BCUT2D eigenvalue weighted by Crippen LogP contribution is -2.38. The molecule has 5 nitrogen and oxygen atoms in total. The van der Waals surface area contributed by atoms with Crippen molar-refractivity contribution in [2.45, 2.75) is 78.8 Å². The van der Waals surface area contributed by atoms with E-state index in [1.165, 1.54) is 12.8 Å². The molecule has 0 amide bonds. The summed E-state index contributed by atoms with van der Waals surface area (Å²) in [5.41, 5.74) is 11.1. The first-order valence-corrected chi connectivity index (χ1v) is 10.9. The SMILES string of the molecule is C=C(N)C(C)C(C)(C)CCC.C=C1CCC(C(=C)NC(Cc2cnc[nH]2)C(=C)C)N1. The van der Waals surface area contributed by atoms with Gasteiger partial charge in [0.1, 0.15) is 0 Å². The number of hydrogen-bond acceptors (Lipinski definition) is 4. The molecule has 0 radical (unpaired) electrons. The Morgan fingerprint density at radius 1 is 1.37 bits per heavy atom. The predicted molar refractivity (Wildman–Crippen MR) is 130 cm³/mol. The summed E-state index contributed by atoms with van der Waals surface area (Å²) in [5, 5.41) is 6.82. The molecule has 1 aliphatic rings. The highest BCUT2D eigenvalue weighted by Crippen LogP contribution is 2.34. The van der Waals surface area contributed by atoms with Gasteiger partial charge in [0.05, 0.1) is 18.4 Å². The van der Waals surface area contributed by atoms with Crippen molar-refractivity contribution in [1.82, 2.24) is 20.6 Å². The number of imidazole rings is 1. The molecule has 0 aliphatic carbocycles. The van der Waals surface area contributed by atoms with Gasteiger partial charge in [-0.25, -0.2) is 4.98 Å². The maximum atomic E-state index is 5.66. The summed E-state index contributed by atoms with van der Waals surface area (Å²) in [6.07, 6.45) is 8.87. The summed E-state index contributed by atoms with van der Waals surface area (Å²) in [7, 11) is 0. The van der Waals surface area contributed by atoms with Crippen LogP contribution in [0.25, 0.3) is 0 Å². The van der Waals surface area contributed by atoms with E-state index in [-0.39, 0.29) is 12.1 Å². The zero-order chi connectivity index (χ0) is 22.9. The molecule has 1 aromatic rings. The van der Waals surface area contributed by atoms with Gasteiger partial charge in [-0.05, 0) is 31.6 Å². The summed E-state index contributed by atoms with van der Waals surface area (Å²) in [6.45, 7) is 26.8. The average molecular weight is 414 g/mol. The number of aromatic amines is 1. The molecule has 30 heavy (non-hydrogen) atoms. The van der Waals surface area contributed by atoms with E-state index in [0.717, 1.165) is 47.6 Å². The molecule has 0 bridgehead atoms. The molecule has 0 spiro atoms. The van der Waals surface area contributed by atoms with E-state index >= 15 is 0 Å². The fraction of sp³-hybridized carbons (Fsp3) is 0.560. The van der Waals surface area contributed by atoms with Crippen molar-refractivity contribution in [1.29, 1.82) is 0 Å². The predicted octanol–water partition coefficient (Wildman–Crippen LogP) is 5.19. The van der Waals surface area contributed by atoms with Crippen molar-refractivity contribution in [2.75, 3.05) is 0 Å². The van der Waals surface area contributed by atoms with Gasteiger partial charge in [0.15, 0.2) is 0 Å². The molecular weight excluding hydrogens is 370 g/mol. The number of hydrogen-bond donors (Lipinski definition) is 4. The fourth-order valence-electron chi connectivity index (χ4n) is 3.62. The number of nitrogens with zero attached hydrogens (tertiary/aromatic N) is 1. The van der Waals surface area contributed by atoms with Gasteiger partial charge in [0.25, 0.3) is 0 Å². The van der Waals surface area contributed by atoms with Crippen LogP contribution in [0, 0.1) is 11.3 Å². The summed E-state index contributed by atoms with van der Waals surface area (Å²) in [4.78, 5) is 7.16. The van der Waals surface area contributed by atoms with Crippen molar-refractivity contribution >= 4 is 0 Å². The maximum absolute atomic E-state index is 5.66. The third-order valence-corrected chi connectivity index (χ3v) is 6.09.